The number of aryl methyl sites for hydroxylation is 1. The van der Waals surface area contributed by atoms with E-state index in [1.54, 1.807) is 0 Å². The van der Waals surface area contributed by atoms with Crippen molar-refractivity contribution in [3.05, 3.63) is 83.7 Å². The van der Waals surface area contributed by atoms with E-state index in [2.05, 4.69) is 35.9 Å². The molecule has 0 saturated heterocycles. The van der Waals surface area contributed by atoms with E-state index in [0.717, 1.165) is 78.5 Å². The average Bonchev–Trinajstić information content (AvgIpc) is 3.31. The summed E-state index contributed by atoms with van der Waals surface area (Å²) in [7, 11) is 0. The summed E-state index contributed by atoms with van der Waals surface area (Å²) < 4.78 is 13.3. The minimum absolute atomic E-state index is 0.331. The van der Waals surface area contributed by atoms with E-state index in [1.807, 2.05) is 75.4 Å². The number of anilines is 1. The maximum Gasteiger partial charge on any atom is 0.411 e. The zero-order valence-electron chi connectivity index (χ0n) is 26.2. The van der Waals surface area contributed by atoms with E-state index in [0.29, 0.717) is 24.4 Å². The fraction of sp³-hybridized carbons (Fsp3) is 0.417. The van der Waals surface area contributed by atoms with Gasteiger partial charge in [0.05, 0.1) is 23.2 Å². The Morgan fingerprint density at radius 1 is 0.884 bits per heavy atom. The van der Waals surface area contributed by atoms with Gasteiger partial charge in [-0.05, 0) is 74.6 Å². The summed E-state index contributed by atoms with van der Waals surface area (Å²) in [4.78, 5) is 30.2. The Bertz CT molecular complexity index is 1520. The van der Waals surface area contributed by atoms with Crippen LogP contribution in [0.4, 0.5) is 10.5 Å². The summed E-state index contributed by atoms with van der Waals surface area (Å²) in [5.74, 6) is 0.689. The zero-order chi connectivity index (χ0) is 30.8. The summed E-state index contributed by atoms with van der Waals surface area (Å²) in [6.07, 6.45) is 6.78. The molecular weight excluding hydrogens is 538 g/mol. The molecule has 0 fully saturated rings. The van der Waals surface area contributed by atoms with Crippen LogP contribution in [-0.2, 0) is 22.4 Å². The van der Waals surface area contributed by atoms with Gasteiger partial charge >= 0.3 is 12.1 Å². The third-order valence-electron chi connectivity index (χ3n) is 7.21. The van der Waals surface area contributed by atoms with Gasteiger partial charge in [0.15, 0.2) is 0 Å². The lowest BCUT2D eigenvalue weighted by atomic mass is 9.98. The number of ether oxygens (including phenoxy) is 2. The number of unbranched alkanes of at least 4 members (excludes halogenated alkanes) is 4. The van der Waals surface area contributed by atoms with Crippen LogP contribution in [-0.4, -0.2) is 33.8 Å². The van der Waals surface area contributed by atoms with Gasteiger partial charge in [0, 0.05) is 18.7 Å². The van der Waals surface area contributed by atoms with Gasteiger partial charge in [0.2, 0.25) is 0 Å². The number of esters is 1. The molecule has 1 heterocycles. The summed E-state index contributed by atoms with van der Waals surface area (Å²) in [6.45, 7) is 11.0. The summed E-state index contributed by atoms with van der Waals surface area (Å²) in [5.41, 5.74) is 5.43. The topological polar surface area (TPSA) is 82.5 Å². The largest absolute Gasteiger partial charge is 0.456 e. The average molecular weight is 584 g/mol. The number of benzene rings is 3. The summed E-state index contributed by atoms with van der Waals surface area (Å²) in [5, 5.41) is 2.88. The molecule has 0 spiro atoms. The van der Waals surface area contributed by atoms with Crippen LogP contribution >= 0.6 is 0 Å². The molecule has 0 atom stereocenters. The predicted molar refractivity (Wildman–Crippen MR) is 174 cm³/mol. The fourth-order valence-electron chi connectivity index (χ4n) is 5.02. The Hall–Kier alpha value is -4.13. The monoisotopic (exact) mass is 583 g/mol. The molecule has 4 aromatic rings. The Morgan fingerprint density at radius 3 is 2.35 bits per heavy atom. The van der Waals surface area contributed by atoms with Crippen LogP contribution in [0.1, 0.15) is 94.9 Å². The van der Waals surface area contributed by atoms with Gasteiger partial charge in [-0.3, -0.25) is 5.32 Å². The molecule has 0 unspecified atom stereocenters. The van der Waals surface area contributed by atoms with Crippen molar-refractivity contribution < 1.29 is 19.1 Å². The highest BCUT2D eigenvalue weighted by Gasteiger charge is 2.21. The minimum atomic E-state index is -0.568. The Balaban J connectivity index is 1.55. The van der Waals surface area contributed by atoms with Crippen LogP contribution in [0.3, 0.4) is 0 Å². The van der Waals surface area contributed by atoms with Crippen molar-refractivity contribution in [2.45, 2.75) is 91.7 Å². The normalized spacial score (nSPS) is 11.5. The number of hydrogen-bond donors (Lipinski definition) is 1. The van der Waals surface area contributed by atoms with Crippen molar-refractivity contribution in [2.75, 3.05) is 11.9 Å². The van der Waals surface area contributed by atoms with Gasteiger partial charge in [-0.1, -0.05) is 82.0 Å². The molecule has 7 nitrogen and oxygen atoms in total. The van der Waals surface area contributed by atoms with Crippen molar-refractivity contribution in [2.24, 2.45) is 0 Å². The number of nitrogens with zero attached hydrogens (tertiary/aromatic N) is 2. The zero-order valence-corrected chi connectivity index (χ0v) is 26.2. The van der Waals surface area contributed by atoms with Crippen molar-refractivity contribution >= 4 is 28.8 Å². The lowest BCUT2D eigenvalue weighted by Crippen LogP contribution is -2.24. The maximum absolute atomic E-state index is 12.9. The number of imidazole rings is 1. The van der Waals surface area contributed by atoms with E-state index in [-0.39, 0.29) is 5.97 Å². The smallest absolute Gasteiger partial charge is 0.411 e. The third kappa shape index (κ3) is 8.93. The first-order valence-corrected chi connectivity index (χ1v) is 15.5. The number of fused-ring (bicyclic) bond motifs is 1. The van der Waals surface area contributed by atoms with Crippen LogP contribution in [0.25, 0.3) is 22.2 Å². The maximum atomic E-state index is 12.9. The van der Waals surface area contributed by atoms with E-state index in [9.17, 15) is 9.59 Å². The molecule has 0 bridgehead atoms. The minimum Gasteiger partial charge on any atom is -0.456 e. The Labute approximate surface area is 255 Å². The highest BCUT2D eigenvalue weighted by atomic mass is 16.6. The molecular formula is C36H45N3O4. The molecule has 228 valence electrons. The number of aromatic nitrogens is 2. The number of carbonyl (C=O) groups excluding carboxylic acids is 2. The van der Waals surface area contributed by atoms with Gasteiger partial charge in [-0.25, -0.2) is 14.6 Å². The lowest BCUT2D eigenvalue weighted by Gasteiger charge is -2.20. The van der Waals surface area contributed by atoms with E-state index >= 15 is 0 Å². The number of carbonyl (C=O) groups is 2. The second-order valence-corrected chi connectivity index (χ2v) is 12.0. The molecule has 1 N–H and O–H groups in total. The van der Waals surface area contributed by atoms with Crippen LogP contribution in [0.15, 0.2) is 66.7 Å². The number of amides is 1. The molecule has 4 rings (SSSR count). The highest BCUT2D eigenvalue weighted by Crippen LogP contribution is 2.28. The molecule has 1 aromatic heterocycles. The molecule has 0 aliphatic carbocycles. The molecule has 0 aliphatic rings. The second kappa shape index (κ2) is 14.9. The predicted octanol–water partition coefficient (Wildman–Crippen LogP) is 9.18. The van der Waals surface area contributed by atoms with Crippen molar-refractivity contribution in [1.82, 2.24) is 9.55 Å². The fourth-order valence-corrected chi connectivity index (χ4v) is 5.02. The quantitative estimate of drug-likeness (QED) is 0.125. The van der Waals surface area contributed by atoms with Crippen molar-refractivity contribution in [1.29, 1.82) is 0 Å². The molecule has 3 aromatic carbocycles. The second-order valence-electron chi connectivity index (χ2n) is 12.0. The van der Waals surface area contributed by atoms with Gasteiger partial charge in [-0.2, -0.15) is 0 Å². The first-order chi connectivity index (χ1) is 20.7. The molecule has 43 heavy (non-hydrogen) atoms. The van der Waals surface area contributed by atoms with Crippen molar-refractivity contribution in [3.63, 3.8) is 0 Å². The molecule has 0 saturated carbocycles. The standard InChI is InChI=1S/C36H45N3O4/c1-6-8-10-13-23-42-35(41)37-28-21-22-31-32(24-28)39(33(38-31)16-9-7-2)25-26-17-19-27(20-18-26)29-14-11-12-15-30(29)34(40)43-36(3,4)5/h11-12,14-15,17-22,24H,6-10,13,16,23,25H2,1-5H3,(H,37,41). The third-order valence-corrected chi connectivity index (χ3v) is 7.21. The first-order valence-electron chi connectivity index (χ1n) is 15.5. The summed E-state index contributed by atoms with van der Waals surface area (Å²) >= 11 is 0. The number of hydrogen-bond acceptors (Lipinski definition) is 5. The van der Waals surface area contributed by atoms with Crippen molar-refractivity contribution in [3.8, 4) is 11.1 Å². The molecule has 0 aliphatic heterocycles. The van der Waals surface area contributed by atoms with E-state index in [1.165, 1.54) is 0 Å². The lowest BCUT2D eigenvalue weighted by molar-refractivity contribution is 0.00703. The van der Waals surface area contributed by atoms with Crippen LogP contribution < -0.4 is 5.32 Å². The molecule has 7 heteroatoms. The van der Waals surface area contributed by atoms with E-state index < -0.39 is 11.7 Å². The Kier molecular flexibility index (Phi) is 11.0. The summed E-state index contributed by atoms with van der Waals surface area (Å²) in [6, 6.07) is 21.6. The van der Waals surface area contributed by atoms with Gasteiger partial charge in [0.1, 0.15) is 11.4 Å². The van der Waals surface area contributed by atoms with Crippen LogP contribution in [0, 0.1) is 0 Å². The Morgan fingerprint density at radius 2 is 1.63 bits per heavy atom. The molecule has 1 amide bonds. The molecule has 0 radical (unpaired) electrons. The highest BCUT2D eigenvalue weighted by molar-refractivity contribution is 5.97. The van der Waals surface area contributed by atoms with Crippen LogP contribution in [0.5, 0.6) is 0 Å². The van der Waals surface area contributed by atoms with Gasteiger partial charge in [0.25, 0.3) is 0 Å². The van der Waals surface area contributed by atoms with E-state index in [4.69, 9.17) is 14.5 Å². The number of nitrogens with one attached hydrogen (secondary N) is 1. The van der Waals surface area contributed by atoms with Crippen LogP contribution in [0.2, 0.25) is 0 Å². The first kappa shape index (κ1) is 31.8. The van der Waals surface area contributed by atoms with Gasteiger partial charge < -0.3 is 14.0 Å². The van der Waals surface area contributed by atoms with Gasteiger partial charge in [-0.15, -0.1) is 0 Å². The number of rotatable bonds is 13. The SMILES string of the molecule is CCCCCCOC(=O)Nc1ccc2nc(CCCC)n(Cc3ccc(-c4ccccc4C(=O)OC(C)(C)C)cc3)c2c1.